The molecule has 132 valence electrons. The number of rotatable bonds is 6. The predicted octanol–water partition coefficient (Wildman–Crippen LogP) is 3.05. The van der Waals surface area contributed by atoms with E-state index in [4.69, 9.17) is 0 Å². The first kappa shape index (κ1) is 18.8. The number of sulfonamides is 1. The highest BCUT2D eigenvalue weighted by Gasteiger charge is 2.18. The number of amides is 1. The van der Waals surface area contributed by atoms with Crippen LogP contribution in [0.15, 0.2) is 53.9 Å². The highest BCUT2D eigenvalue weighted by atomic mass is 32.2. The maximum atomic E-state index is 13.5. The molecule has 0 aromatic heterocycles. The Kier molecular flexibility index (Phi) is 6.06. The molecule has 2 aromatic rings. The average Bonchev–Trinajstić information content (AvgIpc) is 2.57. The fourth-order valence-corrected chi connectivity index (χ4v) is 3.01. The minimum Gasteiger partial charge on any atom is -0.325 e. The first-order valence-corrected chi connectivity index (χ1v) is 9.14. The van der Waals surface area contributed by atoms with Crippen LogP contribution in [-0.2, 0) is 14.8 Å². The molecule has 0 aliphatic carbocycles. The Morgan fingerprint density at radius 1 is 1.16 bits per heavy atom. The summed E-state index contributed by atoms with van der Waals surface area (Å²) < 4.78 is 39.8. The number of benzene rings is 2. The molecule has 25 heavy (non-hydrogen) atoms. The molecule has 2 aromatic carbocycles. The van der Waals surface area contributed by atoms with Crippen molar-refractivity contribution in [1.29, 1.82) is 0 Å². The third-order valence-corrected chi connectivity index (χ3v) is 4.59. The fourth-order valence-electron chi connectivity index (χ4n) is 1.99. The number of hydrogen-bond donors (Lipinski definition) is 2. The van der Waals surface area contributed by atoms with Crippen molar-refractivity contribution in [1.82, 2.24) is 4.72 Å². The molecule has 7 heteroatoms. The van der Waals surface area contributed by atoms with Gasteiger partial charge in [0.05, 0.1) is 6.04 Å². The zero-order chi connectivity index (χ0) is 18.4. The molecule has 0 spiro atoms. The van der Waals surface area contributed by atoms with Gasteiger partial charge in [0.2, 0.25) is 15.9 Å². The highest BCUT2D eigenvalue weighted by molar-refractivity contribution is 7.92. The van der Waals surface area contributed by atoms with Crippen LogP contribution in [-0.4, -0.2) is 20.4 Å². The maximum absolute atomic E-state index is 13.5. The van der Waals surface area contributed by atoms with Gasteiger partial charge >= 0.3 is 0 Å². The molecular formula is C18H19FN2O3S. The van der Waals surface area contributed by atoms with Gasteiger partial charge in [0.25, 0.3) is 0 Å². The van der Waals surface area contributed by atoms with Crippen LogP contribution in [0.3, 0.4) is 0 Å². The molecule has 0 saturated heterocycles. The van der Waals surface area contributed by atoms with Crippen molar-refractivity contribution >= 4 is 27.7 Å². The third-order valence-electron chi connectivity index (χ3n) is 3.41. The Morgan fingerprint density at radius 3 is 2.48 bits per heavy atom. The lowest BCUT2D eigenvalue weighted by Gasteiger charge is -2.13. The van der Waals surface area contributed by atoms with Gasteiger partial charge in [-0.25, -0.2) is 12.8 Å². The van der Waals surface area contributed by atoms with E-state index in [9.17, 15) is 17.6 Å². The summed E-state index contributed by atoms with van der Waals surface area (Å²) in [5.41, 5.74) is 1.44. The van der Waals surface area contributed by atoms with Gasteiger partial charge in [-0.1, -0.05) is 36.4 Å². The molecular weight excluding hydrogens is 343 g/mol. The Hall–Kier alpha value is -2.51. The quantitative estimate of drug-likeness (QED) is 0.829. The number of carbonyl (C=O) groups is 1. The van der Waals surface area contributed by atoms with Crippen LogP contribution >= 0.6 is 0 Å². The molecule has 5 nitrogen and oxygen atoms in total. The summed E-state index contributed by atoms with van der Waals surface area (Å²) in [5.74, 6) is -1.03. The van der Waals surface area contributed by atoms with E-state index in [0.29, 0.717) is 5.56 Å². The lowest BCUT2D eigenvalue weighted by Crippen LogP contribution is -2.40. The molecule has 0 aliphatic heterocycles. The number of anilines is 1. The van der Waals surface area contributed by atoms with Gasteiger partial charge in [0.15, 0.2) is 0 Å². The monoisotopic (exact) mass is 362 g/mol. The standard InChI is InChI=1S/C18H19FN2O3S/c1-13-8-9-16(12-17(13)19)20-18(22)14(2)21-25(23,24)11-10-15-6-4-3-5-7-15/h3-12,14,21H,1-2H3,(H,20,22)/b11-10+. The number of carbonyl (C=O) groups excluding carboxylic acids is 1. The van der Waals surface area contributed by atoms with Crippen molar-refractivity contribution in [2.24, 2.45) is 0 Å². The second-order valence-corrected chi connectivity index (χ2v) is 7.15. The number of nitrogens with one attached hydrogen (secondary N) is 2. The van der Waals surface area contributed by atoms with E-state index < -0.39 is 27.8 Å². The zero-order valence-corrected chi connectivity index (χ0v) is 14.7. The Balaban J connectivity index is 1.99. The summed E-state index contributed by atoms with van der Waals surface area (Å²) in [4.78, 5) is 12.1. The number of aryl methyl sites for hydroxylation is 1. The van der Waals surface area contributed by atoms with Crippen molar-refractivity contribution in [2.75, 3.05) is 5.32 Å². The largest absolute Gasteiger partial charge is 0.325 e. The topological polar surface area (TPSA) is 75.3 Å². The molecule has 2 N–H and O–H groups in total. The van der Waals surface area contributed by atoms with Crippen LogP contribution in [0.5, 0.6) is 0 Å². The van der Waals surface area contributed by atoms with Crippen LogP contribution in [0.1, 0.15) is 18.1 Å². The number of halogens is 1. The average molecular weight is 362 g/mol. The van der Waals surface area contributed by atoms with E-state index in [-0.39, 0.29) is 5.69 Å². The number of hydrogen-bond acceptors (Lipinski definition) is 3. The molecule has 1 amide bonds. The summed E-state index contributed by atoms with van der Waals surface area (Å²) in [6.45, 7) is 3.02. The Morgan fingerprint density at radius 2 is 1.84 bits per heavy atom. The first-order chi connectivity index (χ1) is 11.8. The van der Waals surface area contributed by atoms with Crippen LogP contribution < -0.4 is 10.0 Å². The maximum Gasteiger partial charge on any atom is 0.242 e. The lowest BCUT2D eigenvalue weighted by atomic mass is 10.2. The van der Waals surface area contributed by atoms with Gasteiger partial charge < -0.3 is 5.32 Å². The van der Waals surface area contributed by atoms with E-state index in [1.165, 1.54) is 25.1 Å². The molecule has 0 bridgehead atoms. The first-order valence-electron chi connectivity index (χ1n) is 7.59. The van der Waals surface area contributed by atoms with Crippen LogP contribution in [0.4, 0.5) is 10.1 Å². The summed E-state index contributed by atoms with van der Waals surface area (Å²) >= 11 is 0. The van der Waals surface area contributed by atoms with Gasteiger partial charge in [0, 0.05) is 11.1 Å². The van der Waals surface area contributed by atoms with Gasteiger partial charge in [-0.2, -0.15) is 4.72 Å². The normalized spacial score (nSPS) is 12.9. The summed E-state index contributed by atoms with van der Waals surface area (Å²) in [6, 6.07) is 12.2. The van der Waals surface area contributed by atoms with E-state index in [0.717, 1.165) is 11.0 Å². The Labute approximate surface area is 146 Å². The Bertz CT molecular complexity index is 880. The molecule has 0 saturated carbocycles. The van der Waals surface area contributed by atoms with Crippen LogP contribution in [0.25, 0.3) is 6.08 Å². The van der Waals surface area contributed by atoms with Crippen molar-refractivity contribution in [2.45, 2.75) is 19.9 Å². The van der Waals surface area contributed by atoms with Gasteiger partial charge in [0.1, 0.15) is 5.82 Å². The van der Waals surface area contributed by atoms with Crippen molar-refractivity contribution in [3.05, 3.63) is 70.9 Å². The summed E-state index contributed by atoms with van der Waals surface area (Å²) in [5, 5.41) is 3.47. The molecule has 2 rings (SSSR count). The third kappa shape index (κ3) is 5.81. The summed E-state index contributed by atoms with van der Waals surface area (Å²) in [7, 11) is -3.80. The minimum absolute atomic E-state index is 0.263. The smallest absolute Gasteiger partial charge is 0.242 e. The molecule has 1 atom stereocenters. The molecule has 0 fully saturated rings. The minimum atomic E-state index is -3.80. The van der Waals surface area contributed by atoms with Crippen molar-refractivity contribution in [3.8, 4) is 0 Å². The van der Waals surface area contributed by atoms with Gasteiger partial charge in [-0.05, 0) is 43.2 Å². The second kappa shape index (κ2) is 8.04. The van der Waals surface area contributed by atoms with Gasteiger partial charge in [-0.15, -0.1) is 0 Å². The van der Waals surface area contributed by atoms with E-state index >= 15 is 0 Å². The molecule has 0 radical (unpaired) electrons. The van der Waals surface area contributed by atoms with E-state index in [2.05, 4.69) is 10.0 Å². The SMILES string of the molecule is Cc1ccc(NC(=O)C(C)NS(=O)(=O)/C=C/c2ccccc2)cc1F. The fraction of sp³-hybridized carbons (Fsp3) is 0.167. The lowest BCUT2D eigenvalue weighted by molar-refractivity contribution is -0.117. The van der Waals surface area contributed by atoms with E-state index in [1.807, 2.05) is 6.07 Å². The summed E-state index contributed by atoms with van der Waals surface area (Å²) in [6.07, 6.45) is 1.43. The molecule has 1 unspecified atom stereocenters. The highest BCUT2D eigenvalue weighted by Crippen LogP contribution is 2.14. The zero-order valence-electron chi connectivity index (χ0n) is 13.9. The van der Waals surface area contributed by atoms with Crippen LogP contribution in [0, 0.1) is 12.7 Å². The van der Waals surface area contributed by atoms with E-state index in [1.54, 1.807) is 37.3 Å². The second-order valence-electron chi connectivity index (χ2n) is 5.55. The van der Waals surface area contributed by atoms with Crippen molar-refractivity contribution < 1.29 is 17.6 Å². The van der Waals surface area contributed by atoms with Crippen molar-refractivity contribution in [3.63, 3.8) is 0 Å². The van der Waals surface area contributed by atoms with Crippen LogP contribution in [0.2, 0.25) is 0 Å². The predicted molar refractivity (Wildman–Crippen MR) is 96.8 cm³/mol. The van der Waals surface area contributed by atoms with Gasteiger partial charge in [-0.3, -0.25) is 4.79 Å². The molecule has 0 aliphatic rings. The molecule has 0 heterocycles.